The fourth-order valence-corrected chi connectivity index (χ4v) is 3.36. The summed E-state index contributed by atoms with van der Waals surface area (Å²) in [6, 6.07) is 22.0. The molecule has 0 nitrogen and oxygen atoms in total. The third kappa shape index (κ3) is 3.30. The Kier molecular flexibility index (Phi) is 5.00. The Morgan fingerprint density at radius 1 is 0.500 bits per heavy atom. The van der Waals surface area contributed by atoms with Gasteiger partial charge in [0.05, 0.1) is 0 Å². The minimum atomic E-state index is 0.568. The summed E-state index contributed by atoms with van der Waals surface area (Å²) in [6.45, 7) is 9.37. The summed E-state index contributed by atoms with van der Waals surface area (Å²) in [7, 11) is 0. The Morgan fingerprint density at radius 3 is 1.05 bits per heavy atom. The van der Waals surface area contributed by atoms with Crippen molar-refractivity contribution in [3.05, 3.63) is 71.8 Å². The van der Waals surface area contributed by atoms with Gasteiger partial charge in [-0.2, -0.15) is 0 Å². The van der Waals surface area contributed by atoms with Crippen molar-refractivity contribution in [2.45, 2.75) is 39.5 Å². The second kappa shape index (κ2) is 6.74. The fourth-order valence-electron chi connectivity index (χ4n) is 3.36. The first kappa shape index (κ1) is 14.8. The molecule has 0 saturated carbocycles. The smallest absolute Gasteiger partial charge is 0.00676 e. The number of hydrogen-bond donors (Lipinski definition) is 0. The van der Waals surface area contributed by atoms with Crippen LogP contribution < -0.4 is 0 Å². The molecule has 0 aromatic heterocycles. The summed E-state index contributed by atoms with van der Waals surface area (Å²) in [4.78, 5) is 0. The van der Waals surface area contributed by atoms with Crippen molar-refractivity contribution in [3.8, 4) is 0 Å². The highest BCUT2D eigenvalue weighted by Crippen LogP contribution is 2.42. The summed E-state index contributed by atoms with van der Waals surface area (Å²) >= 11 is 0. The van der Waals surface area contributed by atoms with Gasteiger partial charge in [0.1, 0.15) is 0 Å². The predicted molar refractivity (Wildman–Crippen MR) is 88.0 cm³/mol. The standard InChI is InChI=1S/C20H26/c1-15(2)19(17-11-7-5-8-12-17)20(16(3)4)18-13-9-6-10-14-18/h5-16,19-20H,1-4H3/t19-,20-/m1/s1. The lowest BCUT2D eigenvalue weighted by atomic mass is 9.70. The van der Waals surface area contributed by atoms with Crippen LogP contribution >= 0.6 is 0 Å². The van der Waals surface area contributed by atoms with E-state index in [0.717, 1.165) is 0 Å². The van der Waals surface area contributed by atoms with Crippen molar-refractivity contribution in [1.82, 2.24) is 0 Å². The fraction of sp³-hybridized carbons (Fsp3) is 0.400. The highest BCUT2D eigenvalue weighted by atomic mass is 14.3. The van der Waals surface area contributed by atoms with Crippen LogP contribution in [0.4, 0.5) is 0 Å². The van der Waals surface area contributed by atoms with Gasteiger partial charge in [-0.3, -0.25) is 0 Å². The first-order chi connectivity index (χ1) is 9.61. The Bertz CT molecular complexity index is 447. The molecule has 106 valence electrons. The summed E-state index contributed by atoms with van der Waals surface area (Å²) in [5, 5.41) is 0. The van der Waals surface area contributed by atoms with E-state index in [1.807, 2.05) is 0 Å². The van der Waals surface area contributed by atoms with E-state index in [1.165, 1.54) is 11.1 Å². The van der Waals surface area contributed by atoms with Crippen molar-refractivity contribution in [2.75, 3.05) is 0 Å². The second-order valence-electron chi connectivity index (χ2n) is 6.36. The summed E-state index contributed by atoms with van der Waals surface area (Å²) in [6.07, 6.45) is 0. The Balaban J connectivity index is 2.44. The third-order valence-electron chi connectivity index (χ3n) is 4.19. The van der Waals surface area contributed by atoms with Crippen molar-refractivity contribution in [1.29, 1.82) is 0 Å². The molecule has 0 aliphatic rings. The molecule has 2 atom stereocenters. The minimum absolute atomic E-state index is 0.568. The van der Waals surface area contributed by atoms with Gasteiger partial charge in [-0.25, -0.2) is 0 Å². The van der Waals surface area contributed by atoms with E-state index in [0.29, 0.717) is 23.7 Å². The van der Waals surface area contributed by atoms with Crippen LogP contribution in [0, 0.1) is 11.8 Å². The number of rotatable bonds is 5. The monoisotopic (exact) mass is 266 g/mol. The van der Waals surface area contributed by atoms with Gasteiger partial charge in [0.2, 0.25) is 0 Å². The average molecular weight is 266 g/mol. The first-order valence-electron chi connectivity index (χ1n) is 7.71. The molecule has 0 N–H and O–H groups in total. The van der Waals surface area contributed by atoms with Gasteiger partial charge in [0.25, 0.3) is 0 Å². The van der Waals surface area contributed by atoms with Crippen LogP contribution in [0.25, 0.3) is 0 Å². The molecule has 0 aliphatic carbocycles. The van der Waals surface area contributed by atoms with Crippen molar-refractivity contribution in [2.24, 2.45) is 11.8 Å². The highest BCUT2D eigenvalue weighted by molar-refractivity contribution is 5.29. The largest absolute Gasteiger partial charge is 0.0622 e. The molecule has 0 radical (unpaired) electrons. The van der Waals surface area contributed by atoms with E-state index in [-0.39, 0.29) is 0 Å². The van der Waals surface area contributed by atoms with E-state index in [4.69, 9.17) is 0 Å². The molecule has 0 unspecified atom stereocenters. The lowest BCUT2D eigenvalue weighted by Gasteiger charge is -2.34. The maximum atomic E-state index is 2.34. The van der Waals surface area contributed by atoms with Crippen LogP contribution in [0.5, 0.6) is 0 Å². The van der Waals surface area contributed by atoms with E-state index >= 15 is 0 Å². The van der Waals surface area contributed by atoms with Crippen molar-refractivity contribution in [3.63, 3.8) is 0 Å². The zero-order chi connectivity index (χ0) is 14.5. The normalized spacial score (nSPS) is 14.5. The Morgan fingerprint density at radius 2 is 0.800 bits per heavy atom. The van der Waals surface area contributed by atoms with Gasteiger partial charge >= 0.3 is 0 Å². The van der Waals surface area contributed by atoms with Crippen LogP contribution in [0.2, 0.25) is 0 Å². The van der Waals surface area contributed by atoms with Crippen LogP contribution in [0.3, 0.4) is 0 Å². The minimum Gasteiger partial charge on any atom is -0.0622 e. The molecular weight excluding hydrogens is 240 g/mol. The van der Waals surface area contributed by atoms with Crippen molar-refractivity contribution < 1.29 is 0 Å². The van der Waals surface area contributed by atoms with E-state index < -0.39 is 0 Å². The molecule has 0 aliphatic heterocycles. The lowest BCUT2D eigenvalue weighted by molar-refractivity contribution is 0.347. The van der Waals surface area contributed by atoms with Gasteiger partial charge in [0.15, 0.2) is 0 Å². The lowest BCUT2D eigenvalue weighted by Crippen LogP contribution is -2.21. The van der Waals surface area contributed by atoms with E-state index in [9.17, 15) is 0 Å². The maximum Gasteiger partial charge on any atom is -0.00676 e. The summed E-state index contributed by atoms with van der Waals surface area (Å²) in [5.74, 6) is 2.40. The molecular formula is C20H26. The van der Waals surface area contributed by atoms with Gasteiger partial charge in [-0.15, -0.1) is 0 Å². The predicted octanol–water partition coefficient (Wildman–Crippen LogP) is 5.87. The molecule has 2 aromatic rings. The summed E-state index contributed by atoms with van der Waals surface area (Å²) in [5.41, 5.74) is 2.93. The SMILES string of the molecule is CC(C)[C@H](c1ccccc1)[C@@H](c1ccccc1)C(C)C. The van der Waals surface area contributed by atoms with Gasteiger partial charge in [0, 0.05) is 0 Å². The van der Waals surface area contributed by atoms with Crippen molar-refractivity contribution >= 4 is 0 Å². The van der Waals surface area contributed by atoms with Gasteiger partial charge in [-0.05, 0) is 34.8 Å². The van der Waals surface area contributed by atoms with Gasteiger partial charge in [-0.1, -0.05) is 88.4 Å². The number of benzene rings is 2. The molecule has 0 heterocycles. The molecule has 0 amide bonds. The zero-order valence-electron chi connectivity index (χ0n) is 13.1. The third-order valence-corrected chi connectivity index (χ3v) is 4.19. The maximum absolute atomic E-state index is 2.34. The summed E-state index contributed by atoms with van der Waals surface area (Å²) < 4.78 is 0. The van der Waals surface area contributed by atoms with E-state index in [2.05, 4.69) is 88.4 Å². The highest BCUT2D eigenvalue weighted by Gasteiger charge is 2.29. The van der Waals surface area contributed by atoms with Crippen LogP contribution in [-0.4, -0.2) is 0 Å². The quantitative estimate of drug-likeness (QED) is 0.635. The topological polar surface area (TPSA) is 0 Å². The molecule has 0 bridgehead atoms. The average Bonchev–Trinajstić information content (AvgIpc) is 2.45. The molecule has 2 aromatic carbocycles. The second-order valence-corrected chi connectivity index (χ2v) is 6.36. The molecule has 0 saturated heterocycles. The van der Waals surface area contributed by atoms with Crippen LogP contribution in [-0.2, 0) is 0 Å². The number of hydrogen-bond acceptors (Lipinski definition) is 0. The van der Waals surface area contributed by atoms with E-state index in [1.54, 1.807) is 0 Å². The van der Waals surface area contributed by atoms with Crippen LogP contribution in [0.15, 0.2) is 60.7 Å². The van der Waals surface area contributed by atoms with Gasteiger partial charge < -0.3 is 0 Å². The first-order valence-corrected chi connectivity index (χ1v) is 7.71. The molecule has 2 rings (SSSR count). The zero-order valence-corrected chi connectivity index (χ0v) is 13.1. The molecule has 0 spiro atoms. The molecule has 0 heteroatoms. The molecule has 20 heavy (non-hydrogen) atoms. The van der Waals surface area contributed by atoms with Crippen LogP contribution in [0.1, 0.15) is 50.7 Å². The Labute approximate surface area is 123 Å². The molecule has 0 fully saturated rings. The Hall–Kier alpha value is -1.56.